The van der Waals surface area contributed by atoms with Gasteiger partial charge in [0.15, 0.2) is 0 Å². The zero-order chi connectivity index (χ0) is 8.27. The van der Waals surface area contributed by atoms with Gasteiger partial charge in [0, 0.05) is 11.5 Å². The van der Waals surface area contributed by atoms with Crippen molar-refractivity contribution in [2.45, 2.75) is 20.0 Å². The molecule has 1 rings (SSSR count). The van der Waals surface area contributed by atoms with Crippen LogP contribution in [0.3, 0.4) is 0 Å². The third-order valence-corrected chi connectivity index (χ3v) is 2.80. The third-order valence-electron chi connectivity index (χ3n) is 1.41. The average molecular weight is 191 g/mol. The van der Waals surface area contributed by atoms with E-state index >= 15 is 0 Å². The Morgan fingerprint density at radius 2 is 2.36 bits per heavy atom. The van der Waals surface area contributed by atoms with Crippen LogP contribution in [-0.2, 0) is 4.74 Å². The molecule has 62 valence electrons. The summed E-state index contributed by atoms with van der Waals surface area (Å²) in [6, 6.07) is 3.91. The lowest BCUT2D eigenvalue weighted by Gasteiger charge is -2.07. The maximum absolute atomic E-state index is 5.77. The molecule has 1 nitrogen and oxygen atoms in total. The molecule has 0 amide bonds. The van der Waals surface area contributed by atoms with Crippen molar-refractivity contribution in [3.05, 3.63) is 21.3 Å². The van der Waals surface area contributed by atoms with E-state index in [1.54, 1.807) is 11.3 Å². The van der Waals surface area contributed by atoms with E-state index in [-0.39, 0.29) is 6.10 Å². The van der Waals surface area contributed by atoms with Crippen LogP contribution in [0.5, 0.6) is 0 Å². The maximum atomic E-state index is 5.77. The number of halogens is 1. The third kappa shape index (κ3) is 2.47. The van der Waals surface area contributed by atoms with Crippen LogP contribution < -0.4 is 0 Å². The predicted octanol–water partition coefficient (Wildman–Crippen LogP) is 3.50. The van der Waals surface area contributed by atoms with E-state index in [2.05, 4.69) is 0 Å². The van der Waals surface area contributed by atoms with Crippen molar-refractivity contribution in [3.8, 4) is 0 Å². The van der Waals surface area contributed by atoms with Crippen LogP contribution in [-0.4, -0.2) is 6.61 Å². The summed E-state index contributed by atoms with van der Waals surface area (Å²) >= 11 is 7.34. The highest BCUT2D eigenvalue weighted by Crippen LogP contribution is 2.28. The Morgan fingerprint density at radius 1 is 1.64 bits per heavy atom. The largest absolute Gasteiger partial charge is 0.373 e. The zero-order valence-electron chi connectivity index (χ0n) is 6.63. The molecular weight excluding hydrogens is 180 g/mol. The molecule has 0 aromatic carbocycles. The van der Waals surface area contributed by atoms with Crippen molar-refractivity contribution >= 4 is 22.9 Å². The molecule has 0 spiro atoms. The van der Waals surface area contributed by atoms with Crippen molar-refractivity contribution in [1.82, 2.24) is 0 Å². The molecule has 1 aromatic rings. The summed E-state index contributed by atoms with van der Waals surface area (Å²) in [6.45, 7) is 4.77. The molecule has 0 saturated heterocycles. The first-order chi connectivity index (χ1) is 5.24. The van der Waals surface area contributed by atoms with Crippen molar-refractivity contribution < 1.29 is 4.74 Å². The molecule has 0 saturated carbocycles. The van der Waals surface area contributed by atoms with Gasteiger partial charge in [0.05, 0.1) is 10.4 Å². The van der Waals surface area contributed by atoms with Gasteiger partial charge < -0.3 is 4.74 Å². The molecule has 0 N–H and O–H groups in total. The summed E-state index contributed by atoms with van der Waals surface area (Å²) in [5.74, 6) is 0. The lowest BCUT2D eigenvalue weighted by molar-refractivity contribution is 0.0789. The molecule has 1 atom stereocenters. The molecule has 1 heterocycles. The zero-order valence-corrected chi connectivity index (χ0v) is 8.21. The van der Waals surface area contributed by atoms with Gasteiger partial charge in [-0.15, -0.1) is 11.3 Å². The van der Waals surface area contributed by atoms with Gasteiger partial charge in [-0.3, -0.25) is 0 Å². The molecule has 0 aliphatic carbocycles. The lowest BCUT2D eigenvalue weighted by atomic mass is 10.3. The first-order valence-electron chi connectivity index (χ1n) is 3.61. The van der Waals surface area contributed by atoms with E-state index in [0.717, 1.165) is 10.9 Å². The molecule has 1 unspecified atom stereocenters. The Morgan fingerprint density at radius 3 is 2.82 bits per heavy atom. The first kappa shape index (κ1) is 9.04. The van der Waals surface area contributed by atoms with Crippen molar-refractivity contribution in [1.29, 1.82) is 0 Å². The molecule has 1 aromatic heterocycles. The number of hydrogen-bond acceptors (Lipinski definition) is 2. The first-order valence-corrected chi connectivity index (χ1v) is 4.80. The average Bonchev–Trinajstić information content (AvgIpc) is 2.36. The summed E-state index contributed by atoms with van der Waals surface area (Å²) in [7, 11) is 0. The van der Waals surface area contributed by atoms with Gasteiger partial charge in [0.2, 0.25) is 0 Å². The minimum absolute atomic E-state index is 0.178. The maximum Gasteiger partial charge on any atom is 0.0932 e. The van der Waals surface area contributed by atoms with Crippen LogP contribution in [0.15, 0.2) is 12.1 Å². The van der Waals surface area contributed by atoms with E-state index in [9.17, 15) is 0 Å². The summed E-state index contributed by atoms with van der Waals surface area (Å²) in [5, 5.41) is 0. The van der Waals surface area contributed by atoms with Crippen LogP contribution in [0.25, 0.3) is 0 Å². The molecule has 0 bridgehead atoms. The van der Waals surface area contributed by atoms with Crippen molar-refractivity contribution in [3.63, 3.8) is 0 Å². The van der Waals surface area contributed by atoms with Crippen molar-refractivity contribution in [2.75, 3.05) is 6.61 Å². The Labute approximate surface area is 75.9 Å². The van der Waals surface area contributed by atoms with E-state index in [0.29, 0.717) is 0 Å². The topological polar surface area (TPSA) is 9.23 Å². The van der Waals surface area contributed by atoms with Gasteiger partial charge in [-0.1, -0.05) is 11.6 Å². The molecule has 0 radical (unpaired) electrons. The molecular formula is C8H11ClOS. The molecule has 0 aliphatic heterocycles. The standard InChI is InChI=1S/C8H11ClOS/c1-3-10-6(2)7-4-5-8(9)11-7/h4-6H,3H2,1-2H3. The SMILES string of the molecule is CCOC(C)c1ccc(Cl)s1. The van der Waals surface area contributed by atoms with Gasteiger partial charge in [0.25, 0.3) is 0 Å². The minimum atomic E-state index is 0.178. The summed E-state index contributed by atoms with van der Waals surface area (Å²) in [4.78, 5) is 1.19. The summed E-state index contributed by atoms with van der Waals surface area (Å²) < 4.78 is 6.22. The fourth-order valence-corrected chi connectivity index (χ4v) is 1.94. The summed E-state index contributed by atoms with van der Waals surface area (Å²) in [6.07, 6.45) is 0.178. The summed E-state index contributed by atoms with van der Waals surface area (Å²) in [5.41, 5.74) is 0. The molecule has 0 fully saturated rings. The predicted molar refractivity (Wildman–Crippen MR) is 49.4 cm³/mol. The fourth-order valence-electron chi connectivity index (χ4n) is 0.879. The second-order valence-electron chi connectivity index (χ2n) is 2.24. The van der Waals surface area contributed by atoms with Crippen LogP contribution in [0, 0.1) is 0 Å². The van der Waals surface area contributed by atoms with Gasteiger partial charge in [-0.25, -0.2) is 0 Å². The lowest BCUT2D eigenvalue weighted by Crippen LogP contribution is -1.95. The number of hydrogen-bond donors (Lipinski definition) is 0. The monoisotopic (exact) mass is 190 g/mol. The number of thiophene rings is 1. The molecule has 0 aliphatic rings. The molecule has 3 heteroatoms. The van der Waals surface area contributed by atoms with Crippen LogP contribution in [0.4, 0.5) is 0 Å². The minimum Gasteiger partial charge on any atom is -0.373 e. The Balaban J connectivity index is 2.60. The highest BCUT2D eigenvalue weighted by molar-refractivity contribution is 7.16. The van der Waals surface area contributed by atoms with Gasteiger partial charge >= 0.3 is 0 Å². The Bertz CT molecular complexity index is 222. The highest BCUT2D eigenvalue weighted by Gasteiger charge is 2.06. The normalized spacial score (nSPS) is 13.4. The Hall–Kier alpha value is -0.0500. The van der Waals surface area contributed by atoms with E-state index < -0.39 is 0 Å². The smallest absolute Gasteiger partial charge is 0.0932 e. The van der Waals surface area contributed by atoms with E-state index in [4.69, 9.17) is 16.3 Å². The van der Waals surface area contributed by atoms with E-state index in [1.807, 2.05) is 26.0 Å². The van der Waals surface area contributed by atoms with Gasteiger partial charge in [-0.05, 0) is 26.0 Å². The Kier molecular flexibility index (Phi) is 3.37. The second kappa shape index (κ2) is 4.10. The molecule has 11 heavy (non-hydrogen) atoms. The van der Waals surface area contributed by atoms with Crippen LogP contribution in [0.1, 0.15) is 24.8 Å². The van der Waals surface area contributed by atoms with E-state index in [1.165, 1.54) is 4.88 Å². The second-order valence-corrected chi connectivity index (χ2v) is 3.99. The van der Waals surface area contributed by atoms with Gasteiger partial charge in [0.1, 0.15) is 0 Å². The van der Waals surface area contributed by atoms with Crippen LogP contribution >= 0.6 is 22.9 Å². The fraction of sp³-hybridized carbons (Fsp3) is 0.500. The number of rotatable bonds is 3. The highest BCUT2D eigenvalue weighted by atomic mass is 35.5. The van der Waals surface area contributed by atoms with Gasteiger partial charge in [-0.2, -0.15) is 0 Å². The van der Waals surface area contributed by atoms with Crippen LogP contribution in [0.2, 0.25) is 4.34 Å². The number of ether oxygens (including phenoxy) is 1. The quantitative estimate of drug-likeness (QED) is 0.709. The van der Waals surface area contributed by atoms with Crippen molar-refractivity contribution in [2.24, 2.45) is 0 Å².